The van der Waals surface area contributed by atoms with E-state index in [2.05, 4.69) is 5.32 Å². The molecule has 2 aliphatic heterocycles. The summed E-state index contributed by atoms with van der Waals surface area (Å²) in [6.07, 6.45) is 2.01. The van der Waals surface area contributed by atoms with E-state index in [1.165, 1.54) is 21.6 Å². The predicted octanol–water partition coefficient (Wildman–Crippen LogP) is 1.12. The molecule has 8 heteroatoms. The Labute approximate surface area is 157 Å². The van der Waals surface area contributed by atoms with Crippen molar-refractivity contribution in [2.24, 2.45) is 0 Å². The van der Waals surface area contributed by atoms with E-state index >= 15 is 0 Å². The fourth-order valence-corrected chi connectivity index (χ4v) is 3.92. The van der Waals surface area contributed by atoms with Crippen molar-refractivity contribution in [1.29, 1.82) is 0 Å². The summed E-state index contributed by atoms with van der Waals surface area (Å²) in [5, 5.41) is 2.84. The van der Waals surface area contributed by atoms with Crippen molar-refractivity contribution in [1.82, 2.24) is 10.2 Å². The zero-order chi connectivity index (χ0) is 18.7. The van der Waals surface area contributed by atoms with Gasteiger partial charge in [0.15, 0.2) is 0 Å². The largest absolute Gasteiger partial charge is 0.376 e. The van der Waals surface area contributed by atoms with E-state index in [0.29, 0.717) is 17.8 Å². The highest BCUT2D eigenvalue weighted by Crippen LogP contribution is 2.36. The molecule has 1 aromatic rings. The smallest absolute Gasteiger partial charge is 0.253 e. The van der Waals surface area contributed by atoms with E-state index in [-0.39, 0.29) is 36.1 Å². The van der Waals surface area contributed by atoms with Crippen molar-refractivity contribution in [3.05, 3.63) is 23.8 Å². The molecule has 0 aliphatic carbocycles. The van der Waals surface area contributed by atoms with Gasteiger partial charge in [-0.25, -0.2) is 0 Å². The molecule has 1 aromatic carbocycles. The summed E-state index contributed by atoms with van der Waals surface area (Å²) in [4.78, 5) is 40.7. The number of carbonyl (C=O) groups is 3. The maximum Gasteiger partial charge on any atom is 0.253 e. The normalized spacial score (nSPS) is 19.2. The Morgan fingerprint density at radius 2 is 2.19 bits per heavy atom. The first-order valence-corrected chi connectivity index (χ1v) is 9.61. The lowest BCUT2D eigenvalue weighted by Gasteiger charge is -2.29. The molecule has 2 heterocycles. The summed E-state index contributed by atoms with van der Waals surface area (Å²) in [5.41, 5.74) is 1.11. The summed E-state index contributed by atoms with van der Waals surface area (Å²) in [7, 11) is 3.36. The third kappa shape index (κ3) is 4.19. The molecule has 0 bridgehead atoms. The summed E-state index contributed by atoms with van der Waals surface area (Å²) < 4.78 is 5.49. The Bertz CT molecular complexity index is 716. The second kappa shape index (κ2) is 8.09. The Hall–Kier alpha value is -2.06. The average Bonchev–Trinajstić information content (AvgIpc) is 3.15. The number of rotatable bonds is 5. The van der Waals surface area contributed by atoms with Gasteiger partial charge < -0.3 is 19.9 Å². The quantitative estimate of drug-likeness (QED) is 0.832. The van der Waals surface area contributed by atoms with Gasteiger partial charge in [0, 0.05) is 37.7 Å². The highest BCUT2D eigenvalue weighted by Gasteiger charge is 2.28. The lowest BCUT2D eigenvalue weighted by Crippen LogP contribution is -2.44. The molecule has 0 spiro atoms. The number of fused-ring (bicyclic) bond motifs is 1. The van der Waals surface area contributed by atoms with Crippen molar-refractivity contribution < 1.29 is 19.1 Å². The third-order valence-corrected chi connectivity index (χ3v) is 5.46. The lowest BCUT2D eigenvalue weighted by atomic mass is 10.1. The molecular weight excluding hydrogens is 354 g/mol. The summed E-state index contributed by atoms with van der Waals surface area (Å²) in [6.45, 7) is 1.14. The third-order valence-electron chi connectivity index (χ3n) is 4.41. The maximum atomic E-state index is 12.4. The summed E-state index contributed by atoms with van der Waals surface area (Å²) in [5.74, 6) is -0.216. The van der Waals surface area contributed by atoms with Crippen LogP contribution in [-0.2, 0) is 14.3 Å². The van der Waals surface area contributed by atoms with Crippen LogP contribution in [0.25, 0.3) is 0 Å². The number of ether oxygens (including phenoxy) is 1. The first kappa shape index (κ1) is 18.7. The Morgan fingerprint density at radius 1 is 1.38 bits per heavy atom. The van der Waals surface area contributed by atoms with Gasteiger partial charge >= 0.3 is 0 Å². The van der Waals surface area contributed by atoms with Crippen LogP contribution in [0, 0.1) is 0 Å². The number of nitrogens with zero attached hydrogens (tertiary/aromatic N) is 2. The highest BCUT2D eigenvalue weighted by atomic mass is 32.2. The summed E-state index contributed by atoms with van der Waals surface area (Å²) >= 11 is 1.42. The Balaban J connectivity index is 1.72. The second-order valence-electron chi connectivity index (χ2n) is 6.59. The van der Waals surface area contributed by atoms with Gasteiger partial charge in [-0.2, -0.15) is 0 Å². The maximum absolute atomic E-state index is 12.4. The molecular formula is C18H23N3O4S. The van der Waals surface area contributed by atoms with Gasteiger partial charge in [0.25, 0.3) is 5.91 Å². The van der Waals surface area contributed by atoms with Gasteiger partial charge in [-0.15, -0.1) is 11.8 Å². The Morgan fingerprint density at radius 3 is 2.88 bits per heavy atom. The van der Waals surface area contributed by atoms with Gasteiger partial charge in [-0.3, -0.25) is 14.4 Å². The van der Waals surface area contributed by atoms with Gasteiger partial charge in [0.1, 0.15) is 6.54 Å². The monoisotopic (exact) mass is 377 g/mol. The average molecular weight is 377 g/mol. The number of carbonyl (C=O) groups excluding carboxylic acids is 3. The molecule has 0 saturated carbocycles. The number of nitrogens with one attached hydrogen (secondary N) is 1. The number of hydrogen-bond donors (Lipinski definition) is 1. The van der Waals surface area contributed by atoms with Crippen LogP contribution in [0.15, 0.2) is 23.1 Å². The molecule has 26 heavy (non-hydrogen) atoms. The van der Waals surface area contributed by atoms with E-state index in [4.69, 9.17) is 4.74 Å². The fraction of sp³-hybridized carbons (Fsp3) is 0.500. The van der Waals surface area contributed by atoms with Crippen LogP contribution in [-0.4, -0.2) is 68.3 Å². The van der Waals surface area contributed by atoms with Crippen molar-refractivity contribution >= 4 is 35.2 Å². The first-order chi connectivity index (χ1) is 12.5. The molecule has 1 fully saturated rings. The van der Waals surface area contributed by atoms with Gasteiger partial charge in [0.2, 0.25) is 11.8 Å². The van der Waals surface area contributed by atoms with Crippen molar-refractivity contribution in [2.45, 2.75) is 23.8 Å². The minimum atomic E-state index is -0.226. The van der Waals surface area contributed by atoms with E-state index in [9.17, 15) is 14.4 Å². The molecule has 0 aromatic heterocycles. The minimum Gasteiger partial charge on any atom is -0.376 e. The number of benzene rings is 1. The molecule has 140 valence electrons. The number of anilines is 1. The zero-order valence-electron chi connectivity index (χ0n) is 15.0. The fourth-order valence-electron chi connectivity index (χ4n) is 3.00. The molecule has 1 atom stereocenters. The van der Waals surface area contributed by atoms with Crippen LogP contribution in [0.3, 0.4) is 0 Å². The van der Waals surface area contributed by atoms with Crippen molar-refractivity contribution in [3.8, 4) is 0 Å². The van der Waals surface area contributed by atoms with Crippen LogP contribution in [0.2, 0.25) is 0 Å². The van der Waals surface area contributed by atoms with Crippen LogP contribution < -0.4 is 10.2 Å². The van der Waals surface area contributed by atoms with Gasteiger partial charge in [-0.1, -0.05) is 0 Å². The topological polar surface area (TPSA) is 79.0 Å². The molecule has 2 aliphatic rings. The van der Waals surface area contributed by atoms with E-state index in [1.807, 2.05) is 6.07 Å². The first-order valence-electron chi connectivity index (χ1n) is 8.63. The second-order valence-corrected chi connectivity index (χ2v) is 7.61. The van der Waals surface area contributed by atoms with Crippen molar-refractivity contribution in [3.63, 3.8) is 0 Å². The van der Waals surface area contributed by atoms with E-state index < -0.39 is 0 Å². The molecule has 1 saturated heterocycles. The minimum absolute atomic E-state index is 0.0568. The SMILES string of the molecule is CN(C)C(=O)c1ccc2c(c1)N(CC(=O)NCC1CCCO1)C(=O)CS2. The van der Waals surface area contributed by atoms with Gasteiger partial charge in [-0.05, 0) is 31.0 Å². The van der Waals surface area contributed by atoms with Crippen LogP contribution in [0.5, 0.6) is 0 Å². The molecule has 1 N–H and O–H groups in total. The van der Waals surface area contributed by atoms with Crippen molar-refractivity contribution in [2.75, 3.05) is 44.4 Å². The lowest BCUT2D eigenvalue weighted by molar-refractivity contribution is -0.123. The molecule has 0 radical (unpaired) electrons. The molecule has 1 unspecified atom stereocenters. The van der Waals surface area contributed by atoms with Crippen LogP contribution in [0.1, 0.15) is 23.2 Å². The molecule has 3 rings (SSSR count). The van der Waals surface area contributed by atoms with Crippen LogP contribution >= 0.6 is 11.8 Å². The van der Waals surface area contributed by atoms with Crippen LogP contribution in [0.4, 0.5) is 5.69 Å². The summed E-state index contributed by atoms with van der Waals surface area (Å²) in [6, 6.07) is 5.27. The number of thioether (sulfide) groups is 1. The van der Waals surface area contributed by atoms with E-state index in [1.54, 1.807) is 26.2 Å². The predicted molar refractivity (Wildman–Crippen MR) is 99.5 cm³/mol. The Kier molecular flexibility index (Phi) is 5.83. The van der Waals surface area contributed by atoms with Gasteiger partial charge in [0.05, 0.1) is 17.5 Å². The number of amides is 3. The molecule has 7 nitrogen and oxygen atoms in total. The standard InChI is InChI=1S/C18H23N3O4S/c1-20(2)18(24)12-5-6-15-14(8-12)21(17(23)11-26-15)10-16(22)19-9-13-4-3-7-25-13/h5-6,8,13H,3-4,7,9-11H2,1-2H3,(H,19,22). The molecule has 3 amide bonds. The number of hydrogen-bond acceptors (Lipinski definition) is 5. The highest BCUT2D eigenvalue weighted by molar-refractivity contribution is 8.00. The van der Waals surface area contributed by atoms with E-state index in [0.717, 1.165) is 24.3 Å². The zero-order valence-corrected chi connectivity index (χ0v) is 15.8.